The molecule has 1 unspecified atom stereocenters. The normalized spacial score (nSPS) is 22.1. The number of rotatable bonds is 22. The molecule has 0 spiro atoms. The molecular weight excluding hydrogens is 649 g/mol. The Labute approximate surface area is 313 Å². The Balaban J connectivity index is 1.12. The fourth-order valence-electron chi connectivity index (χ4n) is 7.78. The zero-order valence-electron chi connectivity index (χ0n) is 31.6. The highest BCUT2D eigenvalue weighted by molar-refractivity contribution is 5.75. The standard InChI is InChI=1S/C45H64N2O5/c1-2-3-4-5-6-7-8-9-10-11-12-13-17-20-42(50)46-31-35-21-27-39(28-22-35)45-51-41(33-47-30-29-40(49)32-47)43(37-18-15-14-16-19-37)44(52-45)38-25-23-36(34-48)24-26-38/h14-16,18-19,21-28,40-41,43-45,48-49H,2-13,17,20,29-34H2,1H3,(H,46,50)/t40-,41-,43-,44+,45?/m1/s1. The van der Waals surface area contributed by atoms with Gasteiger partial charge in [0.1, 0.15) is 0 Å². The average molecular weight is 713 g/mol. The van der Waals surface area contributed by atoms with Gasteiger partial charge in [-0.25, -0.2) is 0 Å². The Morgan fingerprint density at radius 2 is 1.33 bits per heavy atom. The Hall–Kier alpha value is -3.07. The Kier molecular flexibility index (Phi) is 17.1. The molecule has 2 aliphatic heterocycles. The van der Waals surface area contributed by atoms with Gasteiger partial charge in [-0.3, -0.25) is 9.69 Å². The van der Waals surface area contributed by atoms with Crippen LogP contribution in [0.15, 0.2) is 78.9 Å². The lowest BCUT2D eigenvalue weighted by Gasteiger charge is -2.44. The lowest BCUT2D eigenvalue weighted by Crippen LogP contribution is -2.44. The number of amides is 1. The summed E-state index contributed by atoms with van der Waals surface area (Å²) in [4.78, 5) is 14.9. The van der Waals surface area contributed by atoms with Gasteiger partial charge in [0, 0.05) is 44.1 Å². The number of aliphatic hydroxyl groups excluding tert-OH is 2. The highest BCUT2D eigenvalue weighted by Gasteiger charge is 2.43. The molecule has 284 valence electrons. The van der Waals surface area contributed by atoms with Crippen molar-refractivity contribution in [3.8, 4) is 0 Å². The molecule has 52 heavy (non-hydrogen) atoms. The summed E-state index contributed by atoms with van der Waals surface area (Å²) >= 11 is 0. The van der Waals surface area contributed by atoms with Crippen molar-refractivity contribution >= 4 is 5.91 Å². The van der Waals surface area contributed by atoms with Crippen molar-refractivity contribution < 1.29 is 24.5 Å². The first-order chi connectivity index (χ1) is 25.5. The highest BCUT2D eigenvalue weighted by atomic mass is 16.7. The van der Waals surface area contributed by atoms with Gasteiger partial charge in [-0.15, -0.1) is 0 Å². The smallest absolute Gasteiger partial charge is 0.220 e. The van der Waals surface area contributed by atoms with Crippen molar-refractivity contribution in [2.75, 3.05) is 19.6 Å². The predicted molar refractivity (Wildman–Crippen MR) is 209 cm³/mol. The van der Waals surface area contributed by atoms with Crippen molar-refractivity contribution in [3.63, 3.8) is 0 Å². The molecule has 0 saturated carbocycles. The summed E-state index contributed by atoms with van der Waals surface area (Å²) in [7, 11) is 0. The number of aliphatic hydroxyl groups is 2. The van der Waals surface area contributed by atoms with E-state index in [1.54, 1.807) is 0 Å². The van der Waals surface area contributed by atoms with Crippen LogP contribution >= 0.6 is 0 Å². The van der Waals surface area contributed by atoms with Gasteiger partial charge in [0.15, 0.2) is 6.29 Å². The van der Waals surface area contributed by atoms with Crippen LogP contribution in [0.3, 0.4) is 0 Å². The molecule has 5 rings (SSSR count). The zero-order valence-corrected chi connectivity index (χ0v) is 31.6. The molecule has 0 aromatic heterocycles. The van der Waals surface area contributed by atoms with Crippen molar-refractivity contribution in [1.82, 2.24) is 10.2 Å². The summed E-state index contributed by atoms with van der Waals surface area (Å²) in [5.74, 6) is 0.0440. The molecule has 3 aromatic carbocycles. The van der Waals surface area contributed by atoms with Crippen LogP contribution in [0.5, 0.6) is 0 Å². The third-order valence-corrected chi connectivity index (χ3v) is 10.9. The number of ether oxygens (including phenoxy) is 2. The van der Waals surface area contributed by atoms with Crippen molar-refractivity contribution in [2.24, 2.45) is 0 Å². The van der Waals surface area contributed by atoms with E-state index in [1.165, 1.54) is 70.6 Å². The fourth-order valence-corrected chi connectivity index (χ4v) is 7.78. The Morgan fingerprint density at radius 3 is 1.92 bits per heavy atom. The minimum absolute atomic E-state index is 0.00813. The Morgan fingerprint density at radius 1 is 0.731 bits per heavy atom. The van der Waals surface area contributed by atoms with Crippen LogP contribution in [0.2, 0.25) is 0 Å². The lowest BCUT2D eigenvalue weighted by molar-refractivity contribution is -0.263. The minimum Gasteiger partial charge on any atom is -0.392 e. The number of carbonyl (C=O) groups is 1. The molecule has 3 aromatic rings. The van der Waals surface area contributed by atoms with Gasteiger partial charge in [-0.1, -0.05) is 163 Å². The highest BCUT2D eigenvalue weighted by Crippen LogP contribution is 2.47. The second-order valence-corrected chi connectivity index (χ2v) is 15.1. The zero-order chi connectivity index (χ0) is 36.4. The summed E-state index contributed by atoms with van der Waals surface area (Å²) in [6, 6.07) is 26.6. The number of unbranched alkanes of at least 4 members (excludes halogenated alkanes) is 12. The van der Waals surface area contributed by atoms with E-state index in [0.717, 1.165) is 53.6 Å². The van der Waals surface area contributed by atoms with Crippen molar-refractivity contribution in [2.45, 2.75) is 147 Å². The third kappa shape index (κ3) is 12.8. The van der Waals surface area contributed by atoms with E-state index in [2.05, 4.69) is 53.5 Å². The van der Waals surface area contributed by atoms with E-state index in [9.17, 15) is 15.0 Å². The molecule has 2 saturated heterocycles. The molecule has 7 nitrogen and oxygen atoms in total. The molecule has 7 heteroatoms. The molecule has 1 amide bonds. The first kappa shape index (κ1) is 40.1. The minimum atomic E-state index is -0.584. The van der Waals surface area contributed by atoms with Crippen LogP contribution in [-0.2, 0) is 27.4 Å². The van der Waals surface area contributed by atoms with Gasteiger partial charge in [0.2, 0.25) is 5.91 Å². The molecule has 0 bridgehead atoms. The van der Waals surface area contributed by atoms with E-state index >= 15 is 0 Å². The number of nitrogens with one attached hydrogen (secondary N) is 1. The third-order valence-electron chi connectivity index (χ3n) is 10.9. The molecule has 2 fully saturated rings. The number of hydrogen-bond acceptors (Lipinski definition) is 6. The van der Waals surface area contributed by atoms with E-state index < -0.39 is 6.29 Å². The number of β-amino-alcohol motifs (C(OH)–C–C–N with tert-alkyl or cyclic N) is 1. The van der Waals surface area contributed by atoms with Crippen LogP contribution < -0.4 is 5.32 Å². The average Bonchev–Trinajstić information content (AvgIpc) is 3.60. The van der Waals surface area contributed by atoms with E-state index in [-0.39, 0.29) is 36.7 Å². The number of hydrogen-bond donors (Lipinski definition) is 3. The monoisotopic (exact) mass is 712 g/mol. The first-order valence-electron chi connectivity index (χ1n) is 20.4. The molecule has 3 N–H and O–H groups in total. The van der Waals surface area contributed by atoms with E-state index in [4.69, 9.17) is 9.47 Å². The van der Waals surface area contributed by atoms with E-state index in [1.807, 2.05) is 42.5 Å². The summed E-state index contributed by atoms with van der Waals surface area (Å²) in [5, 5.41) is 23.1. The maximum Gasteiger partial charge on any atom is 0.220 e. The summed E-state index contributed by atoms with van der Waals surface area (Å²) < 4.78 is 13.7. The molecule has 0 aliphatic carbocycles. The number of likely N-dealkylation sites (tertiary alicyclic amines) is 1. The SMILES string of the molecule is CCCCCCCCCCCCCCCC(=O)NCc1ccc(C2O[C@H](CN3CC[C@@H](O)C3)[C@@H](c3ccccc3)[C@H](c3ccc(CO)cc3)O2)cc1. The Bertz CT molecular complexity index is 1420. The van der Waals surface area contributed by atoms with Crippen molar-refractivity contribution in [1.29, 1.82) is 0 Å². The van der Waals surface area contributed by atoms with E-state index in [0.29, 0.717) is 26.1 Å². The molecule has 5 atom stereocenters. The predicted octanol–water partition coefficient (Wildman–Crippen LogP) is 9.28. The van der Waals surface area contributed by atoms with Crippen molar-refractivity contribution in [3.05, 3.63) is 107 Å². The van der Waals surface area contributed by atoms with Crippen LogP contribution in [-0.4, -0.2) is 52.9 Å². The van der Waals surface area contributed by atoms with Gasteiger partial charge in [-0.05, 0) is 35.1 Å². The van der Waals surface area contributed by atoms with Crippen LogP contribution in [0.1, 0.15) is 149 Å². The second-order valence-electron chi connectivity index (χ2n) is 15.1. The van der Waals surface area contributed by atoms with Gasteiger partial charge < -0.3 is 25.0 Å². The molecule has 0 radical (unpaired) electrons. The van der Waals surface area contributed by atoms with Crippen LogP contribution in [0, 0.1) is 0 Å². The largest absolute Gasteiger partial charge is 0.392 e. The molecule has 2 heterocycles. The quantitative estimate of drug-likeness (QED) is 0.0900. The number of carbonyl (C=O) groups excluding carboxylic acids is 1. The number of nitrogens with zero attached hydrogens (tertiary/aromatic N) is 1. The fraction of sp³-hybridized carbons (Fsp3) is 0.578. The topological polar surface area (TPSA) is 91.3 Å². The summed E-state index contributed by atoms with van der Waals surface area (Å²) in [6.45, 7) is 4.93. The van der Waals surface area contributed by atoms with Gasteiger partial charge in [0.25, 0.3) is 0 Å². The van der Waals surface area contributed by atoms with Gasteiger partial charge in [-0.2, -0.15) is 0 Å². The second kappa shape index (κ2) is 22.2. The maximum absolute atomic E-state index is 12.6. The first-order valence-corrected chi connectivity index (χ1v) is 20.4. The van der Waals surface area contributed by atoms with Gasteiger partial charge in [0.05, 0.1) is 24.9 Å². The maximum atomic E-state index is 12.6. The van der Waals surface area contributed by atoms with Gasteiger partial charge >= 0.3 is 0 Å². The summed E-state index contributed by atoms with van der Waals surface area (Å²) in [5.41, 5.74) is 5.01. The lowest BCUT2D eigenvalue weighted by atomic mass is 9.83. The van der Waals surface area contributed by atoms with Crippen LogP contribution in [0.4, 0.5) is 0 Å². The van der Waals surface area contributed by atoms with Crippen LogP contribution in [0.25, 0.3) is 0 Å². The number of benzene rings is 3. The molecule has 2 aliphatic rings. The summed E-state index contributed by atoms with van der Waals surface area (Å²) in [6.07, 6.45) is 16.9. The molecular formula is C45H64N2O5.